The molecule has 1 aliphatic rings. The van der Waals surface area contributed by atoms with Crippen molar-refractivity contribution >= 4 is 56.5 Å². The van der Waals surface area contributed by atoms with Gasteiger partial charge in [0.1, 0.15) is 0 Å². The second-order valence-corrected chi connectivity index (χ2v) is 7.20. The summed E-state index contributed by atoms with van der Waals surface area (Å²) in [4.78, 5) is 29.8. The summed E-state index contributed by atoms with van der Waals surface area (Å²) in [5.74, 6) is -1.10. The Morgan fingerprint density at radius 1 is 1.24 bits per heavy atom. The normalized spacial score (nSPS) is 17.5. The third kappa shape index (κ3) is 4.00. The minimum absolute atomic E-state index is 0.120. The number of carboxylic acids is 1. The predicted molar refractivity (Wildman–Crippen MR) is 103 cm³/mol. The molecule has 1 saturated heterocycles. The highest BCUT2D eigenvalue weighted by molar-refractivity contribution is 9.10. The Morgan fingerprint density at radius 2 is 1.96 bits per heavy atom. The van der Waals surface area contributed by atoms with E-state index < -0.39 is 5.97 Å². The molecule has 0 spiro atoms. The van der Waals surface area contributed by atoms with Gasteiger partial charge < -0.3 is 5.11 Å². The molecule has 1 heterocycles. The lowest BCUT2D eigenvalue weighted by Gasteiger charge is -2.07. The number of aromatic carboxylic acids is 1. The van der Waals surface area contributed by atoms with E-state index in [-0.39, 0.29) is 11.5 Å². The van der Waals surface area contributed by atoms with E-state index >= 15 is 0 Å². The summed E-state index contributed by atoms with van der Waals surface area (Å²) in [5, 5.41) is 9.48. The van der Waals surface area contributed by atoms with Crippen LogP contribution in [0.25, 0.3) is 6.08 Å². The van der Waals surface area contributed by atoms with Crippen LogP contribution < -0.4 is 0 Å². The fourth-order valence-electron chi connectivity index (χ4n) is 2.19. The molecule has 0 aromatic heterocycles. The molecule has 7 heteroatoms. The van der Waals surface area contributed by atoms with Gasteiger partial charge in [0.15, 0.2) is 5.17 Å². The van der Waals surface area contributed by atoms with E-state index in [9.17, 15) is 9.59 Å². The third-order valence-electron chi connectivity index (χ3n) is 3.49. The maximum absolute atomic E-state index is 12.4. The van der Waals surface area contributed by atoms with Gasteiger partial charge in [0.25, 0.3) is 5.91 Å². The number of carboxylic acid groups (broad SMARTS) is 1. The molecule has 1 N–H and O–H groups in total. The first-order chi connectivity index (χ1) is 11.9. The van der Waals surface area contributed by atoms with Crippen molar-refractivity contribution in [1.82, 2.24) is 4.90 Å². The van der Waals surface area contributed by atoms with Crippen molar-refractivity contribution in [2.24, 2.45) is 4.99 Å². The lowest BCUT2D eigenvalue weighted by molar-refractivity contribution is -0.121. The molecular weight excluding hydrogens is 404 g/mol. The van der Waals surface area contributed by atoms with Gasteiger partial charge in [-0.3, -0.25) is 9.69 Å². The molecule has 126 valence electrons. The Labute approximate surface area is 157 Å². The third-order valence-corrected chi connectivity index (χ3v) is 5.04. The Balaban J connectivity index is 1.86. The van der Waals surface area contributed by atoms with Crippen LogP contribution in [0.15, 0.2) is 62.9 Å². The van der Waals surface area contributed by atoms with Gasteiger partial charge in [-0.25, -0.2) is 9.79 Å². The highest BCUT2D eigenvalue weighted by atomic mass is 79.9. The van der Waals surface area contributed by atoms with Crippen LogP contribution in [0.4, 0.5) is 5.69 Å². The van der Waals surface area contributed by atoms with Crippen LogP contribution in [-0.2, 0) is 4.79 Å². The van der Waals surface area contributed by atoms with Crippen molar-refractivity contribution in [3.05, 3.63) is 69.0 Å². The number of nitrogens with zero attached hydrogens (tertiary/aromatic N) is 2. The minimum Gasteiger partial charge on any atom is -0.478 e. The Kier molecular flexibility index (Phi) is 5.06. The molecule has 0 radical (unpaired) electrons. The number of likely N-dealkylation sites (N-methyl/N-ethyl adjacent to an activating group) is 1. The number of halogens is 1. The number of hydrogen-bond donors (Lipinski definition) is 1. The number of carbonyl (C=O) groups is 2. The van der Waals surface area contributed by atoms with Crippen LogP contribution in [0.3, 0.4) is 0 Å². The van der Waals surface area contributed by atoms with E-state index in [0.717, 1.165) is 10.0 Å². The number of rotatable bonds is 3. The topological polar surface area (TPSA) is 70.0 Å². The fraction of sp³-hybridized carbons (Fsp3) is 0.0556. The SMILES string of the molecule is CN1C(=O)/C(=C\c2cccc(Br)c2)SC1=Nc1ccc(C(=O)O)cc1. The van der Waals surface area contributed by atoms with E-state index in [4.69, 9.17) is 5.11 Å². The van der Waals surface area contributed by atoms with Crippen LogP contribution >= 0.6 is 27.7 Å². The number of amidine groups is 1. The Bertz CT molecular complexity index is 907. The molecular formula is C18H13BrN2O3S. The van der Waals surface area contributed by atoms with Crippen LogP contribution in [0.5, 0.6) is 0 Å². The van der Waals surface area contributed by atoms with Crippen LogP contribution in [0.2, 0.25) is 0 Å². The summed E-state index contributed by atoms with van der Waals surface area (Å²) >= 11 is 4.70. The van der Waals surface area contributed by atoms with Crippen LogP contribution in [0, 0.1) is 0 Å². The average Bonchev–Trinajstić information content (AvgIpc) is 2.83. The number of thioether (sulfide) groups is 1. The maximum atomic E-state index is 12.4. The first-order valence-corrected chi connectivity index (χ1v) is 8.90. The van der Waals surface area contributed by atoms with Gasteiger partial charge in [-0.2, -0.15) is 0 Å². The summed E-state index contributed by atoms with van der Waals surface area (Å²) < 4.78 is 0.943. The average molecular weight is 417 g/mol. The molecule has 1 amide bonds. The molecule has 1 fully saturated rings. The van der Waals surface area contributed by atoms with E-state index in [1.54, 1.807) is 19.2 Å². The highest BCUT2D eigenvalue weighted by Gasteiger charge is 2.30. The van der Waals surface area contributed by atoms with Crippen LogP contribution in [0.1, 0.15) is 15.9 Å². The number of aliphatic imine (C=N–C) groups is 1. The second kappa shape index (κ2) is 7.25. The molecule has 5 nitrogen and oxygen atoms in total. The van der Waals surface area contributed by atoms with Crippen molar-refractivity contribution in [2.45, 2.75) is 0 Å². The quantitative estimate of drug-likeness (QED) is 0.753. The van der Waals surface area contributed by atoms with Crippen molar-refractivity contribution in [1.29, 1.82) is 0 Å². The molecule has 0 aliphatic carbocycles. The number of amides is 1. The standard InChI is InChI=1S/C18H13BrN2O3S/c1-21-16(22)15(10-11-3-2-4-13(19)9-11)25-18(21)20-14-7-5-12(6-8-14)17(23)24/h2-10H,1H3,(H,23,24)/b15-10+,20-18?. The zero-order valence-electron chi connectivity index (χ0n) is 13.1. The summed E-state index contributed by atoms with van der Waals surface area (Å²) in [6.07, 6.45) is 1.82. The van der Waals surface area contributed by atoms with Gasteiger partial charge in [0, 0.05) is 11.5 Å². The second-order valence-electron chi connectivity index (χ2n) is 5.28. The lowest BCUT2D eigenvalue weighted by Crippen LogP contribution is -2.23. The van der Waals surface area contributed by atoms with Crippen molar-refractivity contribution in [2.75, 3.05) is 7.05 Å². The maximum Gasteiger partial charge on any atom is 0.335 e. The van der Waals surface area contributed by atoms with E-state index in [1.165, 1.54) is 28.8 Å². The zero-order valence-corrected chi connectivity index (χ0v) is 15.5. The summed E-state index contributed by atoms with van der Waals surface area (Å²) in [7, 11) is 1.67. The minimum atomic E-state index is -0.985. The summed E-state index contributed by atoms with van der Waals surface area (Å²) in [5.41, 5.74) is 1.71. The lowest BCUT2D eigenvalue weighted by atomic mass is 10.2. The molecule has 0 atom stereocenters. The molecule has 0 bridgehead atoms. The molecule has 0 saturated carbocycles. The van der Waals surface area contributed by atoms with Crippen molar-refractivity contribution < 1.29 is 14.7 Å². The molecule has 1 aliphatic heterocycles. The van der Waals surface area contributed by atoms with Gasteiger partial charge in [0.2, 0.25) is 0 Å². The Hall–Kier alpha value is -2.38. The molecule has 2 aromatic rings. The number of carbonyl (C=O) groups excluding carboxylic acids is 1. The summed E-state index contributed by atoms with van der Waals surface area (Å²) in [6, 6.07) is 13.9. The first-order valence-electron chi connectivity index (χ1n) is 7.29. The van der Waals surface area contributed by atoms with Crippen molar-refractivity contribution in [3.63, 3.8) is 0 Å². The van der Waals surface area contributed by atoms with Crippen LogP contribution in [-0.4, -0.2) is 34.1 Å². The van der Waals surface area contributed by atoms with E-state index in [2.05, 4.69) is 20.9 Å². The van der Waals surface area contributed by atoms with E-state index in [1.807, 2.05) is 30.3 Å². The summed E-state index contributed by atoms with van der Waals surface area (Å²) in [6.45, 7) is 0. The monoisotopic (exact) mass is 416 g/mol. The van der Waals surface area contributed by atoms with Gasteiger partial charge in [-0.1, -0.05) is 28.1 Å². The zero-order chi connectivity index (χ0) is 18.0. The van der Waals surface area contributed by atoms with Gasteiger partial charge in [0.05, 0.1) is 16.2 Å². The molecule has 0 unspecified atom stereocenters. The number of benzene rings is 2. The molecule has 3 rings (SSSR count). The highest BCUT2D eigenvalue weighted by Crippen LogP contribution is 2.33. The first kappa shape index (κ1) is 17.4. The van der Waals surface area contributed by atoms with Crippen molar-refractivity contribution in [3.8, 4) is 0 Å². The Morgan fingerprint density at radius 3 is 2.60 bits per heavy atom. The predicted octanol–water partition coefficient (Wildman–Crippen LogP) is 4.38. The fourth-order valence-corrected chi connectivity index (χ4v) is 3.59. The van der Waals surface area contributed by atoms with Gasteiger partial charge >= 0.3 is 5.97 Å². The smallest absolute Gasteiger partial charge is 0.335 e. The molecule has 2 aromatic carbocycles. The van der Waals surface area contributed by atoms with Gasteiger partial charge in [-0.15, -0.1) is 0 Å². The molecule has 25 heavy (non-hydrogen) atoms. The number of hydrogen-bond acceptors (Lipinski definition) is 4. The van der Waals surface area contributed by atoms with E-state index in [0.29, 0.717) is 15.8 Å². The largest absolute Gasteiger partial charge is 0.478 e. The van der Waals surface area contributed by atoms with Gasteiger partial charge in [-0.05, 0) is 59.8 Å².